The SMILES string of the molecule is NCC(C(=O)c1ccco1)c1ccccc1. The lowest BCUT2D eigenvalue weighted by Gasteiger charge is -2.12. The van der Waals surface area contributed by atoms with Gasteiger partial charge in [0.05, 0.1) is 12.2 Å². The van der Waals surface area contributed by atoms with E-state index in [1.807, 2.05) is 30.3 Å². The molecular formula is C13H13NO2. The van der Waals surface area contributed by atoms with Crippen molar-refractivity contribution in [3.8, 4) is 0 Å². The molecular weight excluding hydrogens is 202 g/mol. The van der Waals surface area contributed by atoms with E-state index in [2.05, 4.69) is 0 Å². The summed E-state index contributed by atoms with van der Waals surface area (Å²) in [5.74, 6) is -0.0367. The maximum atomic E-state index is 12.1. The Hall–Kier alpha value is -1.87. The van der Waals surface area contributed by atoms with Gasteiger partial charge in [-0.05, 0) is 17.7 Å². The van der Waals surface area contributed by atoms with Crippen molar-refractivity contribution in [1.29, 1.82) is 0 Å². The molecule has 3 heteroatoms. The topological polar surface area (TPSA) is 56.2 Å². The first-order valence-corrected chi connectivity index (χ1v) is 5.15. The van der Waals surface area contributed by atoms with Crippen LogP contribution in [0.1, 0.15) is 22.0 Å². The lowest BCUT2D eigenvalue weighted by Crippen LogP contribution is -2.21. The molecule has 1 unspecified atom stereocenters. The van der Waals surface area contributed by atoms with Crippen molar-refractivity contribution in [3.63, 3.8) is 0 Å². The van der Waals surface area contributed by atoms with Gasteiger partial charge < -0.3 is 10.2 Å². The van der Waals surface area contributed by atoms with Crippen molar-refractivity contribution < 1.29 is 9.21 Å². The van der Waals surface area contributed by atoms with Crippen molar-refractivity contribution in [1.82, 2.24) is 0 Å². The molecule has 0 spiro atoms. The highest BCUT2D eigenvalue weighted by atomic mass is 16.3. The lowest BCUT2D eigenvalue weighted by molar-refractivity contribution is 0.0935. The monoisotopic (exact) mass is 215 g/mol. The molecule has 0 aliphatic carbocycles. The van der Waals surface area contributed by atoms with E-state index in [-0.39, 0.29) is 18.2 Å². The largest absolute Gasteiger partial charge is 0.461 e. The second kappa shape index (κ2) is 4.77. The van der Waals surface area contributed by atoms with Crippen LogP contribution in [0.5, 0.6) is 0 Å². The minimum Gasteiger partial charge on any atom is -0.461 e. The van der Waals surface area contributed by atoms with E-state index in [9.17, 15) is 4.79 Å². The van der Waals surface area contributed by atoms with Gasteiger partial charge in [0, 0.05) is 6.54 Å². The molecule has 82 valence electrons. The van der Waals surface area contributed by atoms with Crippen LogP contribution >= 0.6 is 0 Å². The molecule has 0 saturated carbocycles. The van der Waals surface area contributed by atoms with Gasteiger partial charge in [0.2, 0.25) is 5.78 Å². The third-order valence-corrected chi connectivity index (χ3v) is 2.52. The van der Waals surface area contributed by atoms with Gasteiger partial charge in [-0.1, -0.05) is 30.3 Å². The minimum atomic E-state index is -0.327. The normalized spacial score (nSPS) is 12.3. The first-order chi connectivity index (χ1) is 7.83. The average Bonchev–Trinajstić information content (AvgIpc) is 2.85. The van der Waals surface area contributed by atoms with Crippen LogP contribution in [-0.4, -0.2) is 12.3 Å². The summed E-state index contributed by atoms with van der Waals surface area (Å²) < 4.78 is 5.09. The Labute approximate surface area is 93.9 Å². The highest BCUT2D eigenvalue weighted by molar-refractivity contribution is 5.98. The molecule has 0 amide bonds. The molecule has 2 aromatic rings. The summed E-state index contributed by atoms with van der Waals surface area (Å²) in [6, 6.07) is 12.9. The number of benzene rings is 1. The molecule has 1 aromatic heterocycles. The first-order valence-electron chi connectivity index (χ1n) is 5.15. The quantitative estimate of drug-likeness (QED) is 0.795. The Morgan fingerprint density at radius 3 is 2.50 bits per heavy atom. The maximum Gasteiger partial charge on any atom is 0.206 e. The second-order valence-corrected chi connectivity index (χ2v) is 3.54. The van der Waals surface area contributed by atoms with Gasteiger partial charge in [0.1, 0.15) is 0 Å². The molecule has 0 aliphatic heterocycles. The summed E-state index contributed by atoms with van der Waals surface area (Å²) in [7, 11) is 0. The van der Waals surface area contributed by atoms with Crippen molar-refractivity contribution in [3.05, 3.63) is 60.1 Å². The Morgan fingerprint density at radius 2 is 1.94 bits per heavy atom. The predicted molar refractivity (Wildman–Crippen MR) is 61.3 cm³/mol. The predicted octanol–water partition coefficient (Wildman–Crippen LogP) is 2.20. The van der Waals surface area contributed by atoms with Crippen LogP contribution in [0.2, 0.25) is 0 Å². The number of rotatable bonds is 4. The van der Waals surface area contributed by atoms with Gasteiger partial charge in [-0.3, -0.25) is 4.79 Å². The summed E-state index contributed by atoms with van der Waals surface area (Å²) in [6.45, 7) is 0.281. The Bertz CT molecular complexity index is 448. The van der Waals surface area contributed by atoms with E-state index in [1.165, 1.54) is 6.26 Å². The molecule has 0 saturated heterocycles. The minimum absolute atomic E-state index is 0.0706. The van der Waals surface area contributed by atoms with Gasteiger partial charge in [0.25, 0.3) is 0 Å². The van der Waals surface area contributed by atoms with Crippen LogP contribution in [0.25, 0.3) is 0 Å². The summed E-state index contributed by atoms with van der Waals surface area (Å²) >= 11 is 0. The molecule has 3 nitrogen and oxygen atoms in total. The van der Waals surface area contributed by atoms with Gasteiger partial charge in [-0.25, -0.2) is 0 Å². The van der Waals surface area contributed by atoms with Crippen molar-refractivity contribution in [2.45, 2.75) is 5.92 Å². The summed E-state index contributed by atoms with van der Waals surface area (Å²) in [5, 5.41) is 0. The molecule has 0 aliphatic rings. The van der Waals surface area contributed by atoms with Crippen LogP contribution in [0.4, 0.5) is 0 Å². The highest BCUT2D eigenvalue weighted by Gasteiger charge is 2.22. The Morgan fingerprint density at radius 1 is 1.19 bits per heavy atom. The van der Waals surface area contributed by atoms with Crippen molar-refractivity contribution in [2.75, 3.05) is 6.54 Å². The van der Waals surface area contributed by atoms with Crippen molar-refractivity contribution >= 4 is 5.78 Å². The zero-order valence-electron chi connectivity index (χ0n) is 8.80. The number of Topliss-reactive ketones (excluding diaryl/α,β-unsaturated/α-hetero) is 1. The fraction of sp³-hybridized carbons (Fsp3) is 0.154. The second-order valence-electron chi connectivity index (χ2n) is 3.54. The van der Waals surface area contributed by atoms with E-state index in [0.717, 1.165) is 5.56 Å². The maximum absolute atomic E-state index is 12.1. The van der Waals surface area contributed by atoms with Crippen LogP contribution in [0, 0.1) is 0 Å². The molecule has 2 N–H and O–H groups in total. The molecule has 2 rings (SSSR count). The molecule has 0 bridgehead atoms. The highest BCUT2D eigenvalue weighted by Crippen LogP contribution is 2.19. The number of carbonyl (C=O) groups excluding carboxylic acids is 1. The molecule has 1 heterocycles. The van der Waals surface area contributed by atoms with Gasteiger partial charge in [-0.15, -0.1) is 0 Å². The third-order valence-electron chi connectivity index (χ3n) is 2.52. The van der Waals surface area contributed by atoms with Crippen LogP contribution < -0.4 is 5.73 Å². The van der Waals surface area contributed by atoms with Crippen LogP contribution in [-0.2, 0) is 0 Å². The number of furan rings is 1. The number of hydrogen-bond acceptors (Lipinski definition) is 3. The molecule has 0 radical (unpaired) electrons. The average molecular weight is 215 g/mol. The van der Waals surface area contributed by atoms with E-state index in [1.54, 1.807) is 12.1 Å². The molecule has 1 atom stereocenters. The molecule has 0 fully saturated rings. The smallest absolute Gasteiger partial charge is 0.206 e. The Kier molecular flexibility index (Phi) is 3.17. The molecule has 16 heavy (non-hydrogen) atoms. The fourth-order valence-corrected chi connectivity index (χ4v) is 1.67. The number of hydrogen-bond donors (Lipinski definition) is 1. The van der Waals surface area contributed by atoms with Crippen LogP contribution in [0.15, 0.2) is 53.1 Å². The van der Waals surface area contributed by atoms with E-state index >= 15 is 0 Å². The zero-order chi connectivity index (χ0) is 11.4. The van der Waals surface area contributed by atoms with E-state index < -0.39 is 0 Å². The fourth-order valence-electron chi connectivity index (χ4n) is 1.67. The number of ketones is 1. The summed E-state index contributed by atoms with van der Waals surface area (Å²) in [6.07, 6.45) is 1.49. The summed E-state index contributed by atoms with van der Waals surface area (Å²) in [5.41, 5.74) is 6.57. The number of nitrogens with two attached hydrogens (primary N) is 1. The van der Waals surface area contributed by atoms with Gasteiger partial charge in [-0.2, -0.15) is 0 Å². The third kappa shape index (κ3) is 2.04. The standard InChI is InChI=1S/C13H13NO2/c14-9-11(10-5-2-1-3-6-10)13(15)12-7-4-8-16-12/h1-8,11H,9,14H2. The summed E-state index contributed by atoms with van der Waals surface area (Å²) in [4.78, 5) is 12.1. The zero-order valence-corrected chi connectivity index (χ0v) is 8.80. The lowest BCUT2D eigenvalue weighted by atomic mass is 9.93. The van der Waals surface area contributed by atoms with Gasteiger partial charge >= 0.3 is 0 Å². The Balaban J connectivity index is 2.27. The van der Waals surface area contributed by atoms with Gasteiger partial charge in [0.15, 0.2) is 5.76 Å². The van der Waals surface area contributed by atoms with E-state index in [4.69, 9.17) is 10.2 Å². The number of carbonyl (C=O) groups is 1. The molecule has 1 aromatic carbocycles. The van der Waals surface area contributed by atoms with E-state index in [0.29, 0.717) is 5.76 Å². The van der Waals surface area contributed by atoms with Crippen LogP contribution in [0.3, 0.4) is 0 Å². The van der Waals surface area contributed by atoms with Crippen molar-refractivity contribution in [2.24, 2.45) is 5.73 Å². The first kappa shape index (κ1) is 10.6.